The summed E-state index contributed by atoms with van der Waals surface area (Å²) in [6, 6.07) is 27.2. The topological polar surface area (TPSA) is 151 Å². The normalized spacial score (nSPS) is 14.0. The molecule has 4 aromatic rings. The number of Topliss-reactive ketones (excluding diaryl/α,β-unsaturated/α-hetero) is 4. The van der Waals surface area contributed by atoms with Gasteiger partial charge in [-0.15, -0.1) is 0 Å². The van der Waals surface area contributed by atoms with Crippen molar-refractivity contribution in [3.63, 3.8) is 0 Å². The first-order chi connectivity index (χ1) is 22.1. The second-order valence-electron chi connectivity index (χ2n) is 10.7. The summed E-state index contributed by atoms with van der Waals surface area (Å²) in [5, 5.41) is 11.0. The van der Waals surface area contributed by atoms with Crippen LogP contribution in [0.4, 0.5) is 11.4 Å². The second-order valence-corrected chi connectivity index (χ2v) is 10.7. The molecule has 0 fully saturated rings. The van der Waals surface area contributed by atoms with Gasteiger partial charge in [0.1, 0.15) is 22.8 Å². The highest BCUT2D eigenvalue weighted by Gasteiger charge is 2.34. The summed E-state index contributed by atoms with van der Waals surface area (Å²) in [5.41, 5.74) is 3.41. The summed E-state index contributed by atoms with van der Waals surface area (Å²) in [7, 11) is 0. The molecule has 2 aliphatic rings. The van der Waals surface area contributed by atoms with E-state index in [4.69, 9.17) is 0 Å². The van der Waals surface area contributed by atoms with Gasteiger partial charge < -0.3 is 21.3 Å². The summed E-state index contributed by atoms with van der Waals surface area (Å²) in [6.07, 6.45) is 0. The molecular formula is C36H26N4O6. The Balaban J connectivity index is 1.23. The molecule has 2 amide bonds. The summed E-state index contributed by atoms with van der Waals surface area (Å²) in [5.74, 6) is -2.69. The Morgan fingerprint density at radius 2 is 0.696 bits per heavy atom. The molecular weight excluding hydrogens is 584 g/mol. The zero-order chi connectivity index (χ0) is 32.5. The number of amides is 2. The Kier molecular flexibility index (Phi) is 7.69. The smallest absolute Gasteiger partial charge is 0.221 e. The van der Waals surface area contributed by atoms with Crippen molar-refractivity contribution in [3.8, 4) is 11.1 Å². The van der Waals surface area contributed by atoms with E-state index >= 15 is 0 Å². The van der Waals surface area contributed by atoms with Crippen molar-refractivity contribution < 1.29 is 28.8 Å². The van der Waals surface area contributed by atoms with Crippen molar-refractivity contribution in [2.75, 3.05) is 10.6 Å². The number of fused-ring (bicyclic) bond motifs is 2. The maximum absolute atomic E-state index is 13.3. The van der Waals surface area contributed by atoms with Crippen LogP contribution in [-0.2, 0) is 9.59 Å². The largest absolute Gasteiger partial charge is 0.350 e. The summed E-state index contributed by atoms with van der Waals surface area (Å²) < 4.78 is 0. The molecule has 46 heavy (non-hydrogen) atoms. The van der Waals surface area contributed by atoms with E-state index in [1.165, 1.54) is 13.8 Å². The van der Waals surface area contributed by atoms with Crippen molar-refractivity contribution in [3.05, 3.63) is 142 Å². The van der Waals surface area contributed by atoms with Gasteiger partial charge in [0, 0.05) is 47.5 Å². The molecule has 2 aliphatic carbocycles. The van der Waals surface area contributed by atoms with Crippen molar-refractivity contribution in [1.82, 2.24) is 10.6 Å². The van der Waals surface area contributed by atoms with Gasteiger partial charge in [0.15, 0.2) is 0 Å². The molecule has 4 N–H and O–H groups in total. The van der Waals surface area contributed by atoms with Gasteiger partial charge in [-0.3, -0.25) is 28.8 Å². The van der Waals surface area contributed by atoms with Crippen LogP contribution in [0.3, 0.4) is 0 Å². The Labute approximate surface area is 263 Å². The fourth-order valence-corrected chi connectivity index (χ4v) is 5.36. The molecule has 0 saturated carbocycles. The lowest BCUT2D eigenvalue weighted by Crippen LogP contribution is -2.35. The molecule has 0 bridgehead atoms. The fourth-order valence-electron chi connectivity index (χ4n) is 5.36. The lowest BCUT2D eigenvalue weighted by Gasteiger charge is -2.22. The minimum Gasteiger partial charge on any atom is -0.350 e. The van der Waals surface area contributed by atoms with E-state index in [9.17, 15) is 28.8 Å². The maximum atomic E-state index is 13.3. The van der Waals surface area contributed by atoms with Gasteiger partial charge >= 0.3 is 0 Å². The average molecular weight is 611 g/mol. The first kappa shape index (κ1) is 29.6. The molecule has 0 spiro atoms. The van der Waals surface area contributed by atoms with Crippen molar-refractivity contribution >= 4 is 46.3 Å². The standard InChI is InChI=1S/C36H26N4O6/c1-19(41)37-29-31(35(45)27-9-5-3-7-25(27)33(29)43)39-23-15-11-21(12-16-23)22-13-17-24(18-14-22)40-32-30(38-20(2)42)34(44)26-8-4-6-10-28(26)36(32)46/h3-18,39-40H,1-2H3,(H,37,41)(H,38,42). The van der Waals surface area contributed by atoms with Crippen LogP contribution in [0, 0.1) is 0 Å². The van der Waals surface area contributed by atoms with E-state index in [1.54, 1.807) is 72.8 Å². The Morgan fingerprint density at radius 1 is 0.413 bits per heavy atom. The summed E-state index contributed by atoms with van der Waals surface area (Å²) in [4.78, 5) is 76.6. The quantitative estimate of drug-likeness (QED) is 0.228. The molecule has 0 aromatic heterocycles. The first-order valence-electron chi connectivity index (χ1n) is 14.3. The van der Waals surface area contributed by atoms with Crippen LogP contribution in [0.2, 0.25) is 0 Å². The van der Waals surface area contributed by atoms with E-state index in [-0.39, 0.29) is 45.0 Å². The predicted molar refractivity (Wildman–Crippen MR) is 171 cm³/mol. The highest BCUT2D eigenvalue weighted by molar-refractivity contribution is 6.29. The number of benzene rings is 4. The first-order valence-corrected chi connectivity index (χ1v) is 14.3. The number of carbonyl (C=O) groups is 6. The number of nitrogens with one attached hydrogen (secondary N) is 4. The van der Waals surface area contributed by atoms with E-state index in [0.717, 1.165) is 11.1 Å². The number of carbonyl (C=O) groups excluding carboxylic acids is 6. The SMILES string of the molecule is CC(=O)NC1=C(Nc2ccc(-c3ccc(NC4=C(NC(C)=O)C(=O)c5ccccc5C4=O)cc3)cc2)C(=O)c2ccccc2C1=O. The van der Waals surface area contributed by atoms with Crippen molar-refractivity contribution in [2.24, 2.45) is 0 Å². The molecule has 0 aliphatic heterocycles. The third-order valence-electron chi connectivity index (χ3n) is 7.48. The zero-order valence-electron chi connectivity index (χ0n) is 24.7. The van der Waals surface area contributed by atoms with E-state index < -0.39 is 34.9 Å². The average Bonchev–Trinajstić information content (AvgIpc) is 3.06. The van der Waals surface area contributed by atoms with Crippen molar-refractivity contribution in [1.29, 1.82) is 0 Å². The van der Waals surface area contributed by atoms with Crippen LogP contribution >= 0.6 is 0 Å². The number of ketones is 4. The highest BCUT2D eigenvalue weighted by atomic mass is 16.2. The summed E-state index contributed by atoms with van der Waals surface area (Å²) in [6.45, 7) is 2.53. The number of hydrogen-bond acceptors (Lipinski definition) is 8. The van der Waals surface area contributed by atoms with Crippen LogP contribution < -0.4 is 21.3 Å². The summed E-state index contributed by atoms with van der Waals surface area (Å²) >= 11 is 0. The van der Waals surface area contributed by atoms with Crippen molar-refractivity contribution in [2.45, 2.75) is 13.8 Å². The Bertz CT molecular complexity index is 1910. The van der Waals surface area contributed by atoms with E-state index in [0.29, 0.717) is 11.4 Å². The van der Waals surface area contributed by atoms with Gasteiger partial charge in [0.05, 0.1) is 0 Å². The minimum atomic E-state index is -0.477. The number of allylic oxidation sites excluding steroid dienone is 4. The van der Waals surface area contributed by atoms with Crippen LogP contribution in [0.5, 0.6) is 0 Å². The molecule has 0 unspecified atom stereocenters. The van der Waals surface area contributed by atoms with Gasteiger partial charge in [-0.05, 0) is 35.4 Å². The predicted octanol–water partition coefficient (Wildman–Crippen LogP) is 5.03. The van der Waals surface area contributed by atoms with Crippen LogP contribution in [0.1, 0.15) is 55.3 Å². The molecule has 0 atom stereocenters. The highest BCUT2D eigenvalue weighted by Crippen LogP contribution is 2.30. The third kappa shape index (κ3) is 5.50. The van der Waals surface area contributed by atoms with Gasteiger partial charge in [0.2, 0.25) is 34.9 Å². The number of anilines is 2. The maximum Gasteiger partial charge on any atom is 0.221 e. The van der Waals surface area contributed by atoms with Gasteiger partial charge in [-0.25, -0.2) is 0 Å². The molecule has 0 heterocycles. The van der Waals surface area contributed by atoms with Gasteiger partial charge in [0.25, 0.3) is 0 Å². The van der Waals surface area contributed by atoms with E-state index in [2.05, 4.69) is 21.3 Å². The number of hydrogen-bond donors (Lipinski definition) is 4. The molecule has 226 valence electrons. The monoisotopic (exact) mass is 610 g/mol. The second kappa shape index (κ2) is 11.9. The zero-order valence-corrected chi connectivity index (χ0v) is 24.7. The van der Waals surface area contributed by atoms with Gasteiger partial charge in [-0.2, -0.15) is 0 Å². The van der Waals surface area contributed by atoms with Gasteiger partial charge in [-0.1, -0.05) is 72.8 Å². The van der Waals surface area contributed by atoms with Crippen LogP contribution in [-0.4, -0.2) is 34.9 Å². The Hall–Kier alpha value is -6.42. The third-order valence-corrected chi connectivity index (χ3v) is 7.48. The molecule has 10 heteroatoms. The molecule has 6 rings (SSSR count). The fraction of sp³-hybridized carbons (Fsp3) is 0.0556. The molecule has 10 nitrogen and oxygen atoms in total. The van der Waals surface area contributed by atoms with E-state index in [1.807, 2.05) is 24.3 Å². The molecule has 0 saturated heterocycles. The van der Waals surface area contributed by atoms with Crippen LogP contribution in [0.25, 0.3) is 11.1 Å². The minimum absolute atomic E-state index is 0.0200. The van der Waals surface area contributed by atoms with Crippen LogP contribution in [0.15, 0.2) is 120 Å². The molecule has 0 radical (unpaired) electrons. The number of rotatable bonds is 7. The molecule has 4 aromatic carbocycles. The lowest BCUT2D eigenvalue weighted by molar-refractivity contribution is -0.119. The Morgan fingerprint density at radius 3 is 0.978 bits per heavy atom. The lowest BCUT2D eigenvalue weighted by atomic mass is 9.90.